The van der Waals surface area contributed by atoms with Crippen LogP contribution in [-0.2, 0) is 17.6 Å². The van der Waals surface area contributed by atoms with Gasteiger partial charge in [-0.2, -0.15) is 0 Å². The fourth-order valence-corrected chi connectivity index (χ4v) is 2.94. The number of halogens is 1. The Labute approximate surface area is 105 Å². The van der Waals surface area contributed by atoms with Crippen LogP contribution in [0.1, 0.15) is 17.5 Å². The van der Waals surface area contributed by atoms with Gasteiger partial charge in [0, 0.05) is 10.5 Å². The summed E-state index contributed by atoms with van der Waals surface area (Å²) in [5.74, 6) is 0. The second-order valence-corrected chi connectivity index (χ2v) is 5.67. The summed E-state index contributed by atoms with van der Waals surface area (Å²) in [7, 11) is 0. The molecule has 2 nitrogen and oxygen atoms in total. The fourth-order valence-electron chi connectivity index (χ4n) is 2.53. The van der Waals surface area contributed by atoms with E-state index < -0.39 is 0 Å². The van der Waals surface area contributed by atoms with Crippen molar-refractivity contribution in [3.63, 3.8) is 0 Å². The van der Waals surface area contributed by atoms with E-state index in [1.807, 2.05) is 0 Å². The molecular formula is C13H16BrNO. The first-order valence-corrected chi connectivity index (χ1v) is 6.71. The quantitative estimate of drug-likeness (QED) is 0.898. The lowest BCUT2D eigenvalue weighted by Crippen LogP contribution is -2.51. The molecule has 1 aliphatic carbocycles. The molecule has 0 aromatic heterocycles. The summed E-state index contributed by atoms with van der Waals surface area (Å²) >= 11 is 3.53. The molecule has 1 unspecified atom stereocenters. The van der Waals surface area contributed by atoms with E-state index in [9.17, 15) is 0 Å². The molecule has 1 aromatic carbocycles. The molecule has 0 amide bonds. The van der Waals surface area contributed by atoms with Crippen molar-refractivity contribution in [3.05, 3.63) is 33.8 Å². The van der Waals surface area contributed by atoms with Crippen LogP contribution < -0.4 is 5.32 Å². The zero-order valence-electron chi connectivity index (χ0n) is 9.21. The van der Waals surface area contributed by atoms with Crippen molar-refractivity contribution in [1.29, 1.82) is 0 Å². The van der Waals surface area contributed by atoms with E-state index in [0.717, 1.165) is 13.2 Å². The normalized spacial score (nSPS) is 24.9. The number of benzene rings is 1. The highest BCUT2D eigenvalue weighted by atomic mass is 79.9. The Balaban J connectivity index is 1.68. The Morgan fingerprint density at radius 2 is 2.06 bits per heavy atom. The Morgan fingerprint density at radius 3 is 2.81 bits per heavy atom. The summed E-state index contributed by atoms with van der Waals surface area (Å²) in [6.45, 7) is 1.79. The van der Waals surface area contributed by atoms with Crippen LogP contribution in [0, 0.1) is 0 Å². The van der Waals surface area contributed by atoms with Crippen molar-refractivity contribution < 1.29 is 4.74 Å². The monoisotopic (exact) mass is 281 g/mol. The van der Waals surface area contributed by atoms with Crippen LogP contribution in [0.15, 0.2) is 22.7 Å². The predicted octanol–water partition coefficient (Wildman–Crippen LogP) is 2.29. The second-order valence-electron chi connectivity index (χ2n) is 4.75. The first-order chi connectivity index (χ1) is 7.81. The second kappa shape index (κ2) is 4.47. The van der Waals surface area contributed by atoms with Gasteiger partial charge >= 0.3 is 0 Å². The maximum Gasteiger partial charge on any atom is 0.0643 e. The molecule has 86 valence electrons. The number of hydrogen-bond donors (Lipinski definition) is 1. The largest absolute Gasteiger partial charge is 0.378 e. The van der Waals surface area contributed by atoms with Gasteiger partial charge in [0.05, 0.1) is 19.3 Å². The molecule has 1 heterocycles. The lowest BCUT2D eigenvalue weighted by Gasteiger charge is -2.34. The van der Waals surface area contributed by atoms with Crippen LogP contribution in [-0.4, -0.2) is 25.3 Å². The van der Waals surface area contributed by atoms with E-state index in [4.69, 9.17) is 4.74 Å². The summed E-state index contributed by atoms with van der Waals surface area (Å²) in [6, 6.07) is 7.90. The summed E-state index contributed by atoms with van der Waals surface area (Å²) in [5, 5.41) is 3.67. The van der Waals surface area contributed by atoms with E-state index >= 15 is 0 Å². The molecule has 1 saturated heterocycles. The van der Waals surface area contributed by atoms with E-state index in [0.29, 0.717) is 12.1 Å². The van der Waals surface area contributed by atoms with Crippen molar-refractivity contribution in [2.75, 3.05) is 13.2 Å². The van der Waals surface area contributed by atoms with Crippen molar-refractivity contribution in [2.45, 2.75) is 31.3 Å². The third-order valence-electron chi connectivity index (χ3n) is 3.51. The van der Waals surface area contributed by atoms with Crippen molar-refractivity contribution >= 4 is 15.9 Å². The standard InChI is InChI=1S/C13H16BrNO/c14-11-3-1-10-6-12(4-2-9(10)5-11)15-13-7-16-8-13/h1,3,5,12-13,15H,2,4,6-8H2. The van der Waals surface area contributed by atoms with Crippen LogP contribution >= 0.6 is 15.9 Å². The van der Waals surface area contributed by atoms with Crippen molar-refractivity contribution in [1.82, 2.24) is 5.32 Å². The third kappa shape index (κ3) is 2.17. The van der Waals surface area contributed by atoms with E-state index in [1.54, 1.807) is 0 Å². The molecule has 1 aromatic rings. The van der Waals surface area contributed by atoms with Gasteiger partial charge in [-0.1, -0.05) is 22.0 Å². The molecule has 0 saturated carbocycles. The molecule has 1 N–H and O–H groups in total. The zero-order valence-corrected chi connectivity index (χ0v) is 10.8. The molecule has 1 atom stereocenters. The number of aryl methyl sites for hydroxylation is 1. The van der Waals surface area contributed by atoms with Crippen LogP contribution in [0.4, 0.5) is 0 Å². The minimum Gasteiger partial charge on any atom is -0.378 e. The average Bonchev–Trinajstić information content (AvgIpc) is 2.23. The minimum atomic E-state index is 0.599. The number of fused-ring (bicyclic) bond motifs is 1. The topological polar surface area (TPSA) is 21.3 Å². The van der Waals surface area contributed by atoms with E-state index in [2.05, 4.69) is 39.4 Å². The number of hydrogen-bond acceptors (Lipinski definition) is 2. The Kier molecular flexibility index (Phi) is 3.01. The molecule has 3 heteroatoms. The minimum absolute atomic E-state index is 0.599. The van der Waals surface area contributed by atoms with Crippen molar-refractivity contribution in [2.24, 2.45) is 0 Å². The molecule has 0 radical (unpaired) electrons. The number of ether oxygens (including phenoxy) is 1. The first-order valence-electron chi connectivity index (χ1n) is 5.92. The highest BCUT2D eigenvalue weighted by Gasteiger charge is 2.24. The zero-order chi connectivity index (χ0) is 11.0. The van der Waals surface area contributed by atoms with Crippen molar-refractivity contribution in [3.8, 4) is 0 Å². The Morgan fingerprint density at radius 1 is 1.19 bits per heavy atom. The SMILES string of the molecule is Brc1ccc2c(c1)CCC(NC1COC1)C2. The van der Waals surface area contributed by atoms with Gasteiger partial charge in [-0.05, 0) is 42.5 Å². The van der Waals surface area contributed by atoms with E-state index in [-0.39, 0.29) is 0 Å². The molecule has 1 aliphatic heterocycles. The molecule has 0 spiro atoms. The lowest BCUT2D eigenvalue weighted by atomic mass is 9.88. The van der Waals surface area contributed by atoms with Gasteiger partial charge in [0.15, 0.2) is 0 Å². The molecule has 16 heavy (non-hydrogen) atoms. The van der Waals surface area contributed by atoms with Crippen LogP contribution in [0.3, 0.4) is 0 Å². The molecule has 3 rings (SSSR count). The van der Waals surface area contributed by atoms with Gasteiger partial charge in [-0.3, -0.25) is 0 Å². The van der Waals surface area contributed by atoms with Crippen LogP contribution in [0.25, 0.3) is 0 Å². The van der Waals surface area contributed by atoms with Gasteiger partial charge in [-0.15, -0.1) is 0 Å². The van der Waals surface area contributed by atoms with Gasteiger partial charge in [0.25, 0.3) is 0 Å². The third-order valence-corrected chi connectivity index (χ3v) is 4.00. The summed E-state index contributed by atoms with van der Waals surface area (Å²) in [5.41, 5.74) is 3.02. The van der Waals surface area contributed by atoms with E-state index in [1.165, 1.54) is 34.9 Å². The summed E-state index contributed by atoms with van der Waals surface area (Å²) < 4.78 is 6.39. The maximum absolute atomic E-state index is 5.19. The number of nitrogens with one attached hydrogen (secondary N) is 1. The molecule has 2 aliphatic rings. The average molecular weight is 282 g/mol. The summed E-state index contributed by atoms with van der Waals surface area (Å²) in [4.78, 5) is 0. The van der Waals surface area contributed by atoms with Gasteiger partial charge < -0.3 is 10.1 Å². The van der Waals surface area contributed by atoms with Gasteiger partial charge in [0.2, 0.25) is 0 Å². The summed E-state index contributed by atoms with van der Waals surface area (Å²) in [6.07, 6.45) is 3.61. The Bertz CT molecular complexity index is 390. The highest BCUT2D eigenvalue weighted by Crippen LogP contribution is 2.25. The van der Waals surface area contributed by atoms with Gasteiger partial charge in [-0.25, -0.2) is 0 Å². The highest BCUT2D eigenvalue weighted by molar-refractivity contribution is 9.10. The lowest BCUT2D eigenvalue weighted by molar-refractivity contribution is -0.0106. The smallest absolute Gasteiger partial charge is 0.0643 e. The molecule has 0 bridgehead atoms. The van der Waals surface area contributed by atoms with Crippen LogP contribution in [0.5, 0.6) is 0 Å². The Hall–Kier alpha value is -0.380. The molecular weight excluding hydrogens is 266 g/mol. The van der Waals surface area contributed by atoms with Crippen LogP contribution in [0.2, 0.25) is 0 Å². The molecule has 1 fully saturated rings. The first kappa shape index (κ1) is 10.8. The van der Waals surface area contributed by atoms with Gasteiger partial charge in [0.1, 0.15) is 0 Å². The number of rotatable bonds is 2. The maximum atomic E-state index is 5.19. The fraction of sp³-hybridized carbons (Fsp3) is 0.538. The predicted molar refractivity (Wildman–Crippen MR) is 67.7 cm³/mol.